The van der Waals surface area contributed by atoms with E-state index in [1.165, 1.54) is 5.56 Å². The van der Waals surface area contributed by atoms with Gasteiger partial charge in [-0.05, 0) is 13.0 Å². The highest BCUT2D eigenvalue weighted by Gasteiger charge is 2.16. The zero-order valence-corrected chi connectivity index (χ0v) is 12.1. The number of nitrogens with two attached hydrogens (primary N) is 1. The molecule has 0 saturated carbocycles. The molecule has 0 fully saturated rings. The van der Waals surface area contributed by atoms with Crippen LogP contribution in [-0.2, 0) is 19.4 Å². The standard InChI is InChI=1S/C14H19N7/c1-21(8-10-6-17-14(15)18-7-10)13-11-2-4-16-5-3-12(11)19-9-20-13/h6-7,9,16H,2-5,8H2,1H3,(H2,15,17,18). The Hall–Kier alpha value is -2.28. The van der Waals surface area contributed by atoms with Crippen LogP contribution in [0.1, 0.15) is 16.8 Å². The van der Waals surface area contributed by atoms with Crippen LogP contribution in [0.2, 0.25) is 0 Å². The van der Waals surface area contributed by atoms with E-state index in [2.05, 4.69) is 30.2 Å². The molecule has 1 aliphatic rings. The van der Waals surface area contributed by atoms with Gasteiger partial charge in [0.2, 0.25) is 5.95 Å². The Labute approximate surface area is 123 Å². The molecule has 7 nitrogen and oxygen atoms in total. The van der Waals surface area contributed by atoms with E-state index in [1.54, 1.807) is 18.7 Å². The number of rotatable bonds is 3. The maximum absolute atomic E-state index is 5.51. The van der Waals surface area contributed by atoms with E-state index < -0.39 is 0 Å². The van der Waals surface area contributed by atoms with Crippen LogP contribution in [0.5, 0.6) is 0 Å². The van der Waals surface area contributed by atoms with E-state index in [0.29, 0.717) is 12.5 Å². The van der Waals surface area contributed by atoms with Gasteiger partial charge in [-0.1, -0.05) is 0 Å². The van der Waals surface area contributed by atoms with Crippen molar-refractivity contribution in [3.63, 3.8) is 0 Å². The van der Waals surface area contributed by atoms with Crippen LogP contribution in [0.25, 0.3) is 0 Å². The van der Waals surface area contributed by atoms with E-state index in [4.69, 9.17) is 5.73 Å². The second kappa shape index (κ2) is 6.01. The molecule has 0 spiro atoms. The zero-order chi connectivity index (χ0) is 14.7. The Morgan fingerprint density at radius 2 is 1.90 bits per heavy atom. The monoisotopic (exact) mass is 285 g/mol. The Kier molecular flexibility index (Phi) is 3.92. The summed E-state index contributed by atoms with van der Waals surface area (Å²) in [6.07, 6.45) is 7.05. The SMILES string of the molecule is CN(Cc1cnc(N)nc1)c1ncnc2c1CCNCC2. The van der Waals surface area contributed by atoms with E-state index in [1.807, 2.05) is 7.05 Å². The first-order valence-corrected chi connectivity index (χ1v) is 7.05. The molecule has 1 aliphatic heterocycles. The summed E-state index contributed by atoms with van der Waals surface area (Å²) in [7, 11) is 2.03. The van der Waals surface area contributed by atoms with E-state index in [9.17, 15) is 0 Å². The third-order valence-corrected chi connectivity index (χ3v) is 3.61. The fourth-order valence-electron chi connectivity index (χ4n) is 2.58. The Balaban J connectivity index is 1.84. The molecule has 2 aromatic heterocycles. The van der Waals surface area contributed by atoms with Gasteiger partial charge in [0.15, 0.2) is 0 Å². The summed E-state index contributed by atoms with van der Waals surface area (Å²) in [5, 5.41) is 3.40. The summed E-state index contributed by atoms with van der Waals surface area (Å²) in [6, 6.07) is 0. The van der Waals surface area contributed by atoms with E-state index in [0.717, 1.165) is 43.0 Å². The predicted octanol–water partition coefficient (Wildman–Crippen LogP) is 0.173. The first-order valence-electron chi connectivity index (χ1n) is 7.05. The predicted molar refractivity (Wildman–Crippen MR) is 80.9 cm³/mol. The van der Waals surface area contributed by atoms with Gasteiger partial charge >= 0.3 is 0 Å². The molecule has 0 radical (unpaired) electrons. The number of hydrogen-bond donors (Lipinski definition) is 2. The van der Waals surface area contributed by atoms with Gasteiger partial charge in [-0.2, -0.15) is 0 Å². The second-order valence-electron chi connectivity index (χ2n) is 5.18. The molecule has 3 rings (SSSR count). The van der Waals surface area contributed by atoms with Crippen LogP contribution in [0, 0.1) is 0 Å². The number of fused-ring (bicyclic) bond motifs is 1. The molecule has 0 aliphatic carbocycles. The highest BCUT2D eigenvalue weighted by Crippen LogP contribution is 2.22. The summed E-state index contributed by atoms with van der Waals surface area (Å²) >= 11 is 0. The van der Waals surface area contributed by atoms with Gasteiger partial charge in [-0.15, -0.1) is 0 Å². The smallest absolute Gasteiger partial charge is 0.219 e. The van der Waals surface area contributed by atoms with Gasteiger partial charge in [-0.25, -0.2) is 19.9 Å². The first kappa shape index (κ1) is 13.7. The highest BCUT2D eigenvalue weighted by atomic mass is 15.2. The minimum absolute atomic E-state index is 0.295. The minimum Gasteiger partial charge on any atom is -0.368 e. The van der Waals surface area contributed by atoms with Crippen molar-refractivity contribution in [3.8, 4) is 0 Å². The Morgan fingerprint density at radius 1 is 1.14 bits per heavy atom. The van der Waals surface area contributed by atoms with Crippen LogP contribution >= 0.6 is 0 Å². The zero-order valence-electron chi connectivity index (χ0n) is 12.1. The summed E-state index contributed by atoms with van der Waals surface area (Å²) in [4.78, 5) is 19.1. The minimum atomic E-state index is 0.295. The second-order valence-corrected chi connectivity index (χ2v) is 5.18. The maximum Gasteiger partial charge on any atom is 0.219 e. The summed E-state index contributed by atoms with van der Waals surface area (Å²) in [5.41, 5.74) is 8.90. The third-order valence-electron chi connectivity index (χ3n) is 3.61. The molecule has 0 saturated heterocycles. The molecule has 0 aromatic carbocycles. The molecule has 0 unspecified atom stereocenters. The van der Waals surface area contributed by atoms with Gasteiger partial charge < -0.3 is 16.0 Å². The average molecular weight is 285 g/mol. The quantitative estimate of drug-likeness (QED) is 0.830. The molecule has 21 heavy (non-hydrogen) atoms. The van der Waals surface area contributed by atoms with Crippen LogP contribution in [0.3, 0.4) is 0 Å². The van der Waals surface area contributed by atoms with Crippen LogP contribution < -0.4 is 16.0 Å². The Morgan fingerprint density at radius 3 is 2.71 bits per heavy atom. The van der Waals surface area contributed by atoms with Crippen molar-refractivity contribution >= 4 is 11.8 Å². The molecule has 7 heteroatoms. The van der Waals surface area contributed by atoms with Crippen LogP contribution in [0.15, 0.2) is 18.7 Å². The van der Waals surface area contributed by atoms with Crippen molar-refractivity contribution in [2.45, 2.75) is 19.4 Å². The molecular formula is C14H19N7. The lowest BCUT2D eigenvalue weighted by atomic mass is 10.1. The van der Waals surface area contributed by atoms with Gasteiger partial charge in [0.1, 0.15) is 12.1 Å². The number of anilines is 2. The number of nitrogen functional groups attached to an aromatic ring is 1. The van der Waals surface area contributed by atoms with Gasteiger partial charge in [0.25, 0.3) is 0 Å². The van der Waals surface area contributed by atoms with Gasteiger partial charge in [0, 0.05) is 50.1 Å². The van der Waals surface area contributed by atoms with Crippen molar-refractivity contribution in [1.29, 1.82) is 0 Å². The summed E-state index contributed by atoms with van der Waals surface area (Å²) in [6.45, 7) is 2.63. The highest BCUT2D eigenvalue weighted by molar-refractivity contribution is 5.49. The van der Waals surface area contributed by atoms with E-state index in [-0.39, 0.29) is 0 Å². The fraction of sp³-hybridized carbons (Fsp3) is 0.429. The lowest BCUT2D eigenvalue weighted by Crippen LogP contribution is -2.21. The number of nitrogens with one attached hydrogen (secondary N) is 1. The lowest BCUT2D eigenvalue weighted by Gasteiger charge is -2.21. The van der Waals surface area contributed by atoms with Crippen molar-refractivity contribution in [1.82, 2.24) is 25.3 Å². The van der Waals surface area contributed by atoms with Crippen molar-refractivity contribution in [2.75, 3.05) is 30.8 Å². The normalized spacial score (nSPS) is 14.3. The van der Waals surface area contributed by atoms with Crippen molar-refractivity contribution in [2.24, 2.45) is 0 Å². The van der Waals surface area contributed by atoms with Crippen molar-refractivity contribution < 1.29 is 0 Å². The molecule has 0 amide bonds. The third kappa shape index (κ3) is 3.08. The average Bonchev–Trinajstić information content (AvgIpc) is 2.74. The maximum atomic E-state index is 5.51. The molecule has 3 heterocycles. The fourth-order valence-corrected chi connectivity index (χ4v) is 2.58. The number of aromatic nitrogens is 4. The van der Waals surface area contributed by atoms with Crippen LogP contribution in [-0.4, -0.2) is 40.1 Å². The first-order chi connectivity index (χ1) is 10.2. The molecular weight excluding hydrogens is 266 g/mol. The molecule has 110 valence electrons. The lowest BCUT2D eigenvalue weighted by molar-refractivity contribution is 0.708. The Bertz CT molecular complexity index is 611. The molecule has 2 aromatic rings. The van der Waals surface area contributed by atoms with E-state index >= 15 is 0 Å². The summed E-state index contributed by atoms with van der Waals surface area (Å²) in [5.74, 6) is 1.28. The van der Waals surface area contributed by atoms with Gasteiger partial charge in [-0.3, -0.25) is 0 Å². The number of nitrogens with zero attached hydrogens (tertiary/aromatic N) is 5. The topological polar surface area (TPSA) is 92.9 Å². The van der Waals surface area contributed by atoms with Gasteiger partial charge in [0.05, 0.1) is 5.69 Å². The van der Waals surface area contributed by atoms with Crippen LogP contribution in [0.4, 0.5) is 11.8 Å². The largest absolute Gasteiger partial charge is 0.368 e. The molecule has 0 bridgehead atoms. The molecule has 0 atom stereocenters. The van der Waals surface area contributed by atoms with Crippen molar-refractivity contribution in [3.05, 3.63) is 35.5 Å². The summed E-state index contributed by atoms with van der Waals surface area (Å²) < 4.78 is 0. The molecule has 3 N–H and O–H groups in total. The number of hydrogen-bond acceptors (Lipinski definition) is 7.